The molecule has 7 heteroatoms. The van der Waals surface area contributed by atoms with Crippen LogP contribution in [0.2, 0.25) is 0 Å². The average molecular weight is 341 g/mol. The average Bonchev–Trinajstić information content (AvgIpc) is 2.66. The van der Waals surface area contributed by atoms with Gasteiger partial charge >= 0.3 is 0 Å². The van der Waals surface area contributed by atoms with Crippen molar-refractivity contribution in [1.82, 2.24) is 19.9 Å². The quantitative estimate of drug-likeness (QED) is 0.797. The monoisotopic (exact) mass is 341 g/mol. The van der Waals surface area contributed by atoms with E-state index in [9.17, 15) is 0 Å². The Balaban J connectivity index is 1.67. The highest BCUT2D eigenvalue weighted by Crippen LogP contribution is 2.19. The fraction of sp³-hybridized carbons (Fsp3) is 0.556. The summed E-state index contributed by atoms with van der Waals surface area (Å²) < 4.78 is 0. The van der Waals surface area contributed by atoms with Crippen molar-refractivity contribution in [2.45, 2.75) is 26.7 Å². The number of unbranched alkanes of at least 4 members (excludes halogenated alkanes) is 1. The molecule has 0 spiro atoms. The molecular formula is C18H27N7. The van der Waals surface area contributed by atoms with Crippen LogP contribution in [0.1, 0.15) is 25.5 Å². The van der Waals surface area contributed by atoms with Crippen molar-refractivity contribution in [2.24, 2.45) is 0 Å². The number of hydrogen-bond acceptors (Lipinski definition) is 7. The van der Waals surface area contributed by atoms with E-state index in [-0.39, 0.29) is 0 Å². The largest absolute Gasteiger partial charge is 0.360 e. The van der Waals surface area contributed by atoms with Crippen molar-refractivity contribution >= 4 is 17.7 Å². The predicted octanol–water partition coefficient (Wildman–Crippen LogP) is 2.14. The minimum atomic E-state index is 0.798. The summed E-state index contributed by atoms with van der Waals surface area (Å²) in [7, 11) is 2.10. The van der Waals surface area contributed by atoms with Gasteiger partial charge < -0.3 is 14.7 Å². The van der Waals surface area contributed by atoms with Crippen molar-refractivity contribution in [2.75, 3.05) is 54.5 Å². The molecule has 3 rings (SSSR count). The van der Waals surface area contributed by atoms with Crippen molar-refractivity contribution in [3.05, 3.63) is 30.2 Å². The van der Waals surface area contributed by atoms with Crippen molar-refractivity contribution in [1.29, 1.82) is 0 Å². The number of hydrogen-bond donors (Lipinski definition) is 0. The number of rotatable bonds is 6. The van der Waals surface area contributed by atoms with Gasteiger partial charge in [-0.25, -0.2) is 15.0 Å². The lowest BCUT2D eigenvalue weighted by Crippen LogP contribution is -2.47. The Hall–Kier alpha value is -2.44. The van der Waals surface area contributed by atoms with Crippen LogP contribution in [-0.4, -0.2) is 59.7 Å². The molecule has 0 radical (unpaired) electrons. The zero-order valence-corrected chi connectivity index (χ0v) is 15.4. The molecule has 0 bridgehead atoms. The van der Waals surface area contributed by atoms with E-state index in [2.05, 4.69) is 49.7 Å². The Bertz CT molecular complexity index is 668. The summed E-state index contributed by atoms with van der Waals surface area (Å²) in [4.78, 5) is 24.8. The van der Waals surface area contributed by atoms with Crippen molar-refractivity contribution < 1.29 is 0 Å². The molecule has 2 aromatic rings. The lowest BCUT2D eigenvalue weighted by Gasteiger charge is -2.35. The number of aromatic nitrogens is 4. The highest BCUT2D eigenvalue weighted by atomic mass is 15.4. The van der Waals surface area contributed by atoms with E-state index < -0.39 is 0 Å². The maximum atomic E-state index is 4.80. The summed E-state index contributed by atoms with van der Waals surface area (Å²) in [6.45, 7) is 8.77. The van der Waals surface area contributed by atoms with Gasteiger partial charge in [0, 0.05) is 63.9 Å². The van der Waals surface area contributed by atoms with Crippen LogP contribution in [0.3, 0.4) is 0 Å². The fourth-order valence-electron chi connectivity index (χ4n) is 2.94. The normalized spacial score (nSPS) is 14.7. The van der Waals surface area contributed by atoms with Crippen molar-refractivity contribution in [3.8, 4) is 0 Å². The van der Waals surface area contributed by atoms with Crippen LogP contribution in [0, 0.1) is 6.92 Å². The molecular weight excluding hydrogens is 314 g/mol. The van der Waals surface area contributed by atoms with Gasteiger partial charge in [0.2, 0.25) is 11.9 Å². The topological polar surface area (TPSA) is 61.3 Å². The van der Waals surface area contributed by atoms with Crippen LogP contribution < -0.4 is 14.7 Å². The fourth-order valence-corrected chi connectivity index (χ4v) is 2.94. The zero-order valence-electron chi connectivity index (χ0n) is 15.4. The molecule has 1 fully saturated rings. The Morgan fingerprint density at radius 3 is 2.28 bits per heavy atom. The maximum Gasteiger partial charge on any atom is 0.227 e. The van der Waals surface area contributed by atoms with Crippen LogP contribution in [0.5, 0.6) is 0 Å². The third-order valence-corrected chi connectivity index (χ3v) is 4.46. The second-order valence-electron chi connectivity index (χ2n) is 6.47. The minimum Gasteiger partial charge on any atom is -0.360 e. The van der Waals surface area contributed by atoms with E-state index >= 15 is 0 Å². The number of piperazine rings is 1. The molecule has 3 heterocycles. The summed E-state index contributed by atoms with van der Waals surface area (Å²) in [6, 6.07) is 3.91. The summed E-state index contributed by atoms with van der Waals surface area (Å²) in [5.74, 6) is 2.63. The van der Waals surface area contributed by atoms with Crippen LogP contribution >= 0.6 is 0 Å². The minimum absolute atomic E-state index is 0.798. The van der Waals surface area contributed by atoms with Gasteiger partial charge in [-0.1, -0.05) is 13.3 Å². The standard InChI is InChI=1S/C18H27N7/c1-4-5-9-23(3)16-14-15(2)21-18(22-16)25-12-10-24(11-13-25)17-19-7-6-8-20-17/h6-8,14H,4-5,9-13H2,1-3H3. The van der Waals surface area contributed by atoms with E-state index in [1.165, 1.54) is 12.8 Å². The molecule has 2 aromatic heterocycles. The van der Waals surface area contributed by atoms with Crippen LogP contribution in [0.4, 0.5) is 17.7 Å². The Labute approximate surface area is 149 Å². The van der Waals surface area contributed by atoms with Gasteiger partial charge in [0.15, 0.2) is 0 Å². The molecule has 0 aliphatic carbocycles. The van der Waals surface area contributed by atoms with Gasteiger partial charge in [-0.15, -0.1) is 0 Å². The molecule has 0 amide bonds. The zero-order chi connectivity index (χ0) is 17.6. The lowest BCUT2D eigenvalue weighted by molar-refractivity contribution is 0.626. The number of nitrogens with zero attached hydrogens (tertiary/aromatic N) is 7. The predicted molar refractivity (Wildman–Crippen MR) is 101 cm³/mol. The lowest BCUT2D eigenvalue weighted by atomic mass is 10.3. The third kappa shape index (κ3) is 4.35. The van der Waals surface area contributed by atoms with E-state index in [0.29, 0.717) is 0 Å². The van der Waals surface area contributed by atoms with Crippen LogP contribution in [0.15, 0.2) is 24.5 Å². The van der Waals surface area contributed by atoms with Gasteiger partial charge in [0.25, 0.3) is 0 Å². The second-order valence-corrected chi connectivity index (χ2v) is 6.47. The second kappa shape index (κ2) is 8.09. The van der Waals surface area contributed by atoms with Crippen LogP contribution in [-0.2, 0) is 0 Å². The molecule has 7 nitrogen and oxygen atoms in total. The Kier molecular flexibility index (Phi) is 5.63. The Morgan fingerprint density at radius 1 is 1.00 bits per heavy atom. The number of anilines is 3. The highest BCUT2D eigenvalue weighted by molar-refractivity contribution is 5.46. The summed E-state index contributed by atoms with van der Waals surface area (Å²) in [6.07, 6.45) is 5.93. The van der Waals surface area contributed by atoms with Gasteiger partial charge in [-0.2, -0.15) is 4.98 Å². The van der Waals surface area contributed by atoms with Crippen LogP contribution in [0.25, 0.3) is 0 Å². The van der Waals surface area contributed by atoms with E-state index in [4.69, 9.17) is 4.98 Å². The highest BCUT2D eigenvalue weighted by Gasteiger charge is 2.21. The van der Waals surface area contributed by atoms with Gasteiger partial charge in [0.1, 0.15) is 5.82 Å². The Morgan fingerprint density at radius 2 is 1.64 bits per heavy atom. The van der Waals surface area contributed by atoms with E-state index in [1.807, 2.05) is 13.0 Å². The summed E-state index contributed by atoms with van der Waals surface area (Å²) >= 11 is 0. The molecule has 25 heavy (non-hydrogen) atoms. The first-order valence-corrected chi connectivity index (χ1v) is 9.01. The SMILES string of the molecule is CCCCN(C)c1cc(C)nc(N2CCN(c3ncccn3)CC2)n1. The molecule has 1 aliphatic heterocycles. The van der Waals surface area contributed by atoms with Gasteiger partial charge in [-0.3, -0.25) is 0 Å². The molecule has 0 saturated carbocycles. The molecule has 0 aromatic carbocycles. The van der Waals surface area contributed by atoms with Crippen molar-refractivity contribution in [3.63, 3.8) is 0 Å². The molecule has 0 N–H and O–H groups in total. The smallest absolute Gasteiger partial charge is 0.227 e. The third-order valence-electron chi connectivity index (χ3n) is 4.46. The van der Waals surface area contributed by atoms with E-state index in [1.54, 1.807) is 12.4 Å². The first-order valence-electron chi connectivity index (χ1n) is 9.01. The summed E-state index contributed by atoms with van der Waals surface area (Å²) in [5.41, 5.74) is 1.01. The van der Waals surface area contributed by atoms with E-state index in [0.717, 1.165) is 56.1 Å². The molecule has 0 atom stereocenters. The number of aryl methyl sites for hydroxylation is 1. The molecule has 1 saturated heterocycles. The van der Waals surface area contributed by atoms with Gasteiger partial charge in [-0.05, 0) is 19.4 Å². The molecule has 1 aliphatic rings. The molecule has 0 unspecified atom stereocenters. The first kappa shape index (κ1) is 17.4. The van der Waals surface area contributed by atoms with Gasteiger partial charge in [0.05, 0.1) is 0 Å². The molecule has 134 valence electrons. The first-order chi connectivity index (χ1) is 12.2. The maximum absolute atomic E-state index is 4.80. The summed E-state index contributed by atoms with van der Waals surface area (Å²) in [5, 5.41) is 0.